The van der Waals surface area contributed by atoms with Crippen LogP contribution >= 0.6 is 0 Å². The molecule has 1 heterocycles. The van der Waals surface area contributed by atoms with Gasteiger partial charge in [0.1, 0.15) is 5.75 Å². The molecule has 0 saturated carbocycles. The number of nitrogens with one attached hydrogen (secondary N) is 1. The second-order valence-electron chi connectivity index (χ2n) is 4.65. The Morgan fingerprint density at radius 2 is 1.95 bits per heavy atom. The lowest BCUT2D eigenvalue weighted by Crippen LogP contribution is -2.21. The van der Waals surface area contributed by atoms with E-state index in [1.807, 2.05) is 17.8 Å². The maximum Gasteiger partial charge on any atom is 0.387 e. The van der Waals surface area contributed by atoms with E-state index in [9.17, 15) is 8.78 Å². The number of aromatic nitrogens is 2. The van der Waals surface area contributed by atoms with Crippen molar-refractivity contribution in [3.63, 3.8) is 0 Å². The molecule has 1 aromatic heterocycles. The van der Waals surface area contributed by atoms with Crippen molar-refractivity contribution < 1.29 is 13.5 Å². The summed E-state index contributed by atoms with van der Waals surface area (Å²) in [4.78, 5) is 0. The molecule has 0 amide bonds. The molecule has 6 heteroatoms. The monoisotopic (exact) mass is 295 g/mol. The first-order valence-corrected chi connectivity index (χ1v) is 6.89. The number of hydrogen-bond acceptors (Lipinski definition) is 3. The predicted octanol–water partition coefficient (Wildman–Crippen LogP) is 3.20. The summed E-state index contributed by atoms with van der Waals surface area (Å²) in [6, 6.07) is 8.57. The van der Waals surface area contributed by atoms with Crippen LogP contribution in [-0.4, -0.2) is 23.4 Å². The van der Waals surface area contributed by atoms with Crippen LogP contribution in [0.15, 0.2) is 36.5 Å². The molecule has 21 heavy (non-hydrogen) atoms. The first-order valence-electron chi connectivity index (χ1n) is 6.89. The quantitative estimate of drug-likeness (QED) is 0.852. The summed E-state index contributed by atoms with van der Waals surface area (Å²) in [5.74, 6) is 0.158. The fourth-order valence-electron chi connectivity index (χ4n) is 2.31. The molecule has 0 aliphatic rings. The van der Waals surface area contributed by atoms with Crippen molar-refractivity contribution in [2.45, 2.75) is 32.5 Å². The van der Waals surface area contributed by atoms with Crippen LogP contribution in [0.2, 0.25) is 0 Å². The van der Waals surface area contributed by atoms with Gasteiger partial charge in [0.2, 0.25) is 0 Å². The lowest BCUT2D eigenvalue weighted by Gasteiger charge is -2.18. The number of hydrogen-bond donors (Lipinski definition) is 1. The molecular weight excluding hydrogens is 276 g/mol. The third-order valence-electron chi connectivity index (χ3n) is 3.21. The number of halogens is 2. The number of aryl methyl sites for hydroxylation is 1. The van der Waals surface area contributed by atoms with Gasteiger partial charge >= 0.3 is 6.61 Å². The molecule has 1 unspecified atom stereocenters. The molecule has 114 valence electrons. The highest BCUT2D eigenvalue weighted by molar-refractivity contribution is 5.33. The van der Waals surface area contributed by atoms with Gasteiger partial charge in [0.05, 0.1) is 11.7 Å². The molecule has 1 atom stereocenters. The first kappa shape index (κ1) is 15.4. The van der Waals surface area contributed by atoms with Crippen LogP contribution in [0, 0.1) is 0 Å². The van der Waals surface area contributed by atoms with E-state index in [1.54, 1.807) is 30.5 Å². The van der Waals surface area contributed by atoms with Crippen LogP contribution in [0.5, 0.6) is 5.75 Å². The molecular formula is C15H19F2N3O. The van der Waals surface area contributed by atoms with E-state index in [4.69, 9.17) is 0 Å². The van der Waals surface area contributed by atoms with Gasteiger partial charge in [-0.15, -0.1) is 0 Å². The third kappa shape index (κ3) is 3.78. The molecule has 4 nitrogen and oxygen atoms in total. The Hall–Kier alpha value is -1.95. The van der Waals surface area contributed by atoms with Crippen molar-refractivity contribution in [3.05, 3.63) is 47.8 Å². The Bertz CT molecular complexity index is 554. The van der Waals surface area contributed by atoms with Gasteiger partial charge in [-0.1, -0.05) is 19.1 Å². The van der Waals surface area contributed by atoms with Crippen molar-refractivity contribution in [3.8, 4) is 5.75 Å². The molecule has 0 fully saturated rings. The minimum Gasteiger partial charge on any atom is -0.435 e. The fraction of sp³-hybridized carbons (Fsp3) is 0.400. The SMILES string of the molecule is CCCn1nccc1C(NC)c1ccc(OC(F)F)cc1. The van der Waals surface area contributed by atoms with E-state index in [-0.39, 0.29) is 11.8 Å². The highest BCUT2D eigenvalue weighted by Gasteiger charge is 2.16. The van der Waals surface area contributed by atoms with Gasteiger partial charge in [-0.2, -0.15) is 13.9 Å². The third-order valence-corrected chi connectivity index (χ3v) is 3.21. The van der Waals surface area contributed by atoms with Gasteiger partial charge < -0.3 is 10.1 Å². The minimum absolute atomic E-state index is 0.0420. The molecule has 0 saturated heterocycles. The topological polar surface area (TPSA) is 39.1 Å². The van der Waals surface area contributed by atoms with Crippen LogP contribution in [-0.2, 0) is 6.54 Å². The summed E-state index contributed by atoms with van der Waals surface area (Å²) in [7, 11) is 1.86. The van der Waals surface area contributed by atoms with Gasteiger partial charge in [0, 0.05) is 12.7 Å². The second kappa shape index (κ2) is 7.17. The zero-order valence-corrected chi connectivity index (χ0v) is 12.1. The van der Waals surface area contributed by atoms with Crippen molar-refractivity contribution in [2.24, 2.45) is 0 Å². The van der Waals surface area contributed by atoms with E-state index in [0.717, 1.165) is 24.2 Å². The zero-order valence-electron chi connectivity index (χ0n) is 12.1. The van der Waals surface area contributed by atoms with E-state index in [2.05, 4.69) is 22.1 Å². The molecule has 0 aliphatic heterocycles. The number of nitrogens with zero attached hydrogens (tertiary/aromatic N) is 2. The largest absolute Gasteiger partial charge is 0.435 e. The van der Waals surface area contributed by atoms with E-state index < -0.39 is 6.61 Å². The van der Waals surface area contributed by atoms with Crippen LogP contribution in [0.3, 0.4) is 0 Å². The molecule has 2 aromatic rings. The summed E-state index contributed by atoms with van der Waals surface area (Å²) in [5, 5.41) is 7.54. The van der Waals surface area contributed by atoms with Gasteiger partial charge in [-0.3, -0.25) is 4.68 Å². The lowest BCUT2D eigenvalue weighted by molar-refractivity contribution is -0.0498. The van der Waals surface area contributed by atoms with Gasteiger partial charge in [-0.05, 0) is 37.2 Å². The number of ether oxygens (including phenoxy) is 1. The smallest absolute Gasteiger partial charge is 0.387 e. The van der Waals surface area contributed by atoms with Crippen molar-refractivity contribution in [2.75, 3.05) is 7.05 Å². The van der Waals surface area contributed by atoms with Crippen LogP contribution in [0.1, 0.15) is 30.6 Å². The predicted molar refractivity (Wildman–Crippen MR) is 76.5 cm³/mol. The van der Waals surface area contributed by atoms with E-state index >= 15 is 0 Å². The molecule has 0 aliphatic carbocycles. The summed E-state index contributed by atoms with van der Waals surface area (Å²) < 4.78 is 30.6. The Morgan fingerprint density at radius 1 is 1.24 bits per heavy atom. The van der Waals surface area contributed by atoms with Crippen molar-refractivity contribution in [1.82, 2.24) is 15.1 Å². The Labute approximate surface area is 122 Å². The molecule has 0 radical (unpaired) electrons. The van der Waals surface area contributed by atoms with Gasteiger partial charge in [0.15, 0.2) is 0 Å². The normalized spacial score (nSPS) is 12.6. The minimum atomic E-state index is -2.80. The Morgan fingerprint density at radius 3 is 2.52 bits per heavy atom. The van der Waals surface area contributed by atoms with E-state index in [1.165, 1.54) is 0 Å². The van der Waals surface area contributed by atoms with Crippen LogP contribution in [0.4, 0.5) is 8.78 Å². The fourth-order valence-corrected chi connectivity index (χ4v) is 2.31. The maximum atomic E-state index is 12.2. The summed E-state index contributed by atoms with van der Waals surface area (Å²) in [6.07, 6.45) is 2.76. The summed E-state index contributed by atoms with van der Waals surface area (Å²) >= 11 is 0. The average Bonchev–Trinajstić information content (AvgIpc) is 2.90. The summed E-state index contributed by atoms with van der Waals surface area (Å²) in [6.45, 7) is 0.130. The average molecular weight is 295 g/mol. The van der Waals surface area contributed by atoms with Crippen LogP contribution < -0.4 is 10.1 Å². The highest BCUT2D eigenvalue weighted by atomic mass is 19.3. The standard InChI is InChI=1S/C15H19F2N3O/c1-3-10-20-13(8-9-19-20)14(18-2)11-4-6-12(7-5-11)21-15(16)17/h4-9,14-15,18H,3,10H2,1-2H3. The number of rotatable bonds is 7. The molecule has 1 aromatic carbocycles. The maximum absolute atomic E-state index is 12.2. The lowest BCUT2D eigenvalue weighted by atomic mass is 10.0. The second-order valence-corrected chi connectivity index (χ2v) is 4.65. The zero-order chi connectivity index (χ0) is 15.2. The highest BCUT2D eigenvalue weighted by Crippen LogP contribution is 2.24. The molecule has 2 rings (SSSR count). The number of benzene rings is 1. The first-order chi connectivity index (χ1) is 10.2. The summed E-state index contributed by atoms with van der Waals surface area (Å²) in [5.41, 5.74) is 2.01. The van der Waals surface area contributed by atoms with Gasteiger partial charge in [0.25, 0.3) is 0 Å². The van der Waals surface area contributed by atoms with E-state index in [0.29, 0.717) is 0 Å². The Balaban J connectivity index is 2.22. The molecule has 0 bridgehead atoms. The van der Waals surface area contributed by atoms with Crippen molar-refractivity contribution in [1.29, 1.82) is 0 Å². The molecule has 1 N–H and O–H groups in total. The van der Waals surface area contributed by atoms with Crippen molar-refractivity contribution >= 4 is 0 Å². The number of alkyl halides is 2. The Kier molecular flexibility index (Phi) is 5.27. The molecule has 0 spiro atoms. The van der Waals surface area contributed by atoms with Gasteiger partial charge in [-0.25, -0.2) is 0 Å². The van der Waals surface area contributed by atoms with Crippen LogP contribution in [0.25, 0.3) is 0 Å².